The number of amides is 3. The maximum absolute atomic E-state index is 12.5. The highest BCUT2D eigenvalue weighted by Gasteiger charge is 2.21. The minimum Gasteiger partial charge on any atom is -0.352 e. The summed E-state index contributed by atoms with van der Waals surface area (Å²) in [5.74, 6) is -0.107. The van der Waals surface area contributed by atoms with Crippen molar-refractivity contribution < 1.29 is 18.0 Å². The zero-order valence-corrected chi connectivity index (χ0v) is 19.2. The summed E-state index contributed by atoms with van der Waals surface area (Å²) in [7, 11) is -3.92. The lowest BCUT2D eigenvalue weighted by Gasteiger charge is -2.22. The van der Waals surface area contributed by atoms with E-state index in [0.29, 0.717) is 18.5 Å². The molecule has 1 saturated carbocycles. The highest BCUT2D eigenvalue weighted by atomic mass is 32.2. The number of benzene rings is 2. The molecule has 2 aromatic rings. The number of carbonyl (C=O) groups is 2. The summed E-state index contributed by atoms with van der Waals surface area (Å²) < 4.78 is 27.0. The molecular formula is C24H31N3O4S. The summed E-state index contributed by atoms with van der Waals surface area (Å²) in [6, 6.07) is 13.2. The smallest absolute Gasteiger partial charge is 0.328 e. The van der Waals surface area contributed by atoms with Crippen molar-refractivity contribution in [3.63, 3.8) is 0 Å². The fraction of sp³-hybridized carbons (Fsp3) is 0.417. The molecule has 0 bridgehead atoms. The third kappa shape index (κ3) is 7.09. The van der Waals surface area contributed by atoms with Crippen molar-refractivity contribution in [1.29, 1.82) is 0 Å². The number of carbonyl (C=O) groups excluding carboxylic acids is 2. The molecule has 0 atom stereocenters. The highest BCUT2D eigenvalue weighted by molar-refractivity contribution is 7.90. The van der Waals surface area contributed by atoms with Crippen LogP contribution in [-0.4, -0.2) is 32.9 Å². The molecule has 1 aliphatic rings. The largest absolute Gasteiger partial charge is 0.352 e. The van der Waals surface area contributed by atoms with Crippen LogP contribution in [0.3, 0.4) is 0 Å². The second-order valence-electron chi connectivity index (χ2n) is 8.28. The van der Waals surface area contributed by atoms with Crippen LogP contribution in [0.25, 0.3) is 0 Å². The molecule has 3 rings (SSSR count). The third-order valence-electron chi connectivity index (χ3n) is 5.64. The van der Waals surface area contributed by atoms with Crippen molar-refractivity contribution in [2.24, 2.45) is 0 Å². The zero-order valence-electron chi connectivity index (χ0n) is 18.4. The Morgan fingerprint density at radius 3 is 2.25 bits per heavy atom. The van der Waals surface area contributed by atoms with Gasteiger partial charge in [0.05, 0.1) is 4.90 Å². The van der Waals surface area contributed by atoms with E-state index < -0.39 is 16.1 Å². The van der Waals surface area contributed by atoms with E-state index in [1.165, 1.54) is 12.1 Å². The first-order valence-corrected chi connectivity index (χ1v) is 12.6. The molecule has 1 fully saturated rings. The van der Waals surface area contributed by atoms with Gasteiger partial charge in [0, 0.05) is 18.2 Å². The molecule has 8 heteroatoms. The van der Waals surface area contributed by atoms with E-state index in [4.69, 9.17) is 0 Å². The molecular weight excluding hydrogens is 426 g/mol. The van der Waals surface area contributed by atoms with Gasteiger partial charge in [-0.2, -0.15) is 0 Å². The van der Waals surface area contributed by atoms with Crippen LogP contribution in [0.4, 0.5) is 4.79 Å². The SMILES string of the molecule is Cc1ccc(C(=O)NCCCc2ccc(S(=O)(=O)NC(=O)NC3CCCCC3)cc2)cc1. The Kier molecular flexibility index (Phi) is 8.27. The third-order valence-corrected chi connectivity index (χ3v) is 6.99. The first-order chi connectivity index (χ1) is 15.3. The molecule has 172 valence electrons. The molecule has 3 amide bonds. The van der Waals surface area contributed by atoms with E-state index in [-0.39, 0.29) is 16.8 Å². The first-order valence-electron chi connectivity index (χ1n) is 11.1. The fourth-order valence-corrected chi connectivity index (χ4v) is 4.69. The van der Waals surface area contributed by atoms with Gasteiger partial charge in [0.2, 0.25) is 0 Å². The number of aryl methyl sites for hydroxylation is 2. The van der Waals surface area contributed by atoms with Gasteiger partial charge >= 0.3 is 6.03 Å². The summed E-state index contributed by atoms with van der Waals surface area (Å²) in [6.45, 7) is 2.50. The summed E-state index contributed by atoms with van der Waals surface area (Å²) in [6.07, 6.45) is 6.45. The molecule has 0 unspecified atom stereocenters. The zero-order chi connectivity index (χ0) is 23.0. The monoisotopic (exact) mass is 457 g/mol. The Bertz CT molecular complexity index is 1010. The van der Waals surface area contributed by atoms with Gasteiger partial charge in [0.25, 0.3) is 15.9 Å². The lowest BCUT2D eigenvalue weighted by Crippen LogP contribution is -2.45. The molecule has 7 nitrogen and oxygen atoms in total. The maximum Gasteiger partial charge on any atom is 0.328 e. The van der Waals surface area contributed by atoms with Crippen LogP contribution in [0.15, 0.2) is 53.4 Å². The summed E-state index contributed by atoms with van der Waals surface area (Å²) in [5.41, 5.74) is 2.69. The van der Waals surface area contributed by atoms with Gasteiger partial charge in [0.15, 0.2) is 0 Å². The van der Waals surface area contributed by atoms with E-state index >= 15 is 0 Å². The predicted octanol–water partition coefficient (Wildman–Crippen LogP) is 3.68. The number of rotatable bonds is 8. The van der Waals surface area contributed by atoms with Gasteiger partial charge in [-0.25, -0.2) is 17.9 Å². The standard InChI is InChI=1S/C24H31N3O4S/c1-18-9-13-20(14-10-18)23(28)25-17-5-6-19-11-15-22(16-12-19)32(30,31)27-24(29)26-21-7-3-2-4-8-21/h9-16,21H,2-8,17H2,1H3,(H,25,28)(H2,26,27,29). The molecule has 0 heterocycles. The molecule has 3 N–H and O–H groups in total. The number of sulfonamides is 1. The maximum atomic E-state index is 12.5. The van der Waals surface area contributed by atoms with E-state index in [9.17, 15) is 18.0 Å². The predicted molar refractivity (Wildman–Crippen MR) is 124 cm³/mol. The highest BCUT2D eigenvalue weighted by Crippen LogP contribution is 2.17. The molecule has 0 aromatic heterocycles. The van der Waals surface area contributed by atoms with Crippen LogP contribution in [0.2, 0.25) is 0 Å². The lowest BCUT2D eigenvalue weighted by atomic mass is 9.96. The Morgan fingerprint density at radius 2 is 1.59 bits per heavy atom. The lowest BCUT2D eigenvalue weighted by molar-refractivity contribution is 0.0953. The molecule has 0 spiro atoms. The van der Waals surface area contributed by atoms with Crippen LogP contribution < -0.4 is 15.4 Å². The van der Waals surface area contributed by atoms with Crippen molar-refractivity contribution in [3.8, 4) is 0 Å². The molecule has 0 aliphatic heterocycles. The summed E-state index contributed by atoms with van der Waals surface area (Å²) in [4.78, 5) is 24.2. The number of hydrogen-bond acceptors (Lipinski definition) is 4. The average molecular weight is 458 g/mol. The van der Waals surface area contributed by atoms with Crippen LogP contribution in [0.5, 0.6) is 0 Å². The van der Waals surface area contributed by atoms with Crippen molar-refractivity contribution in [2.75, 3.05) is 6.54 Å². The number of nitrogens with one attached hydrogen (secondary N) is 3. The van der Waals surface area contributed by atoms with Gasteiger partial charge in [-0.1, -0.05) is 49.1 Å². The Morgan fingerprint density at radius 1 is 0.938 bits per heavy atom. The summed E-state index contributed by atoms with van der Waals surface area (Å²) in [5, 5.41) is 5.64. The van der Waals surface area contributed by atoms with Crippen LogP contribution in [0, 0.1) is 6.92 Å². The quantitative estimate of drug-likeness (QED) is 0.526. The molecule has 0 saturated heterocycles. The van der Waals surface area contributed by atoms with E-state index in [1.54, 1.807) is 24.3 Å². The Labute approximate surface area is 190 Å². The Balaban J connectivity index is 1.43. The van der Waals surface area contributed by atoms with Crippen molar-refractivity contribution >= 4 is 22.0 Å². The van der Waals surface area contributed by atoms with E-state index in [2.05, 4.69) is 15.4 Å². The minimum atomic E-state index is -3.92. The Hall–Kier alpha value is -2.87. The molecule has 0 radical (unpaired) electrons. The van der Waals surface area contributed by atoms with Crippen LogP contribution >= 0.6 is 0 Å². The fourth-order valence-electron chi connectivity index (χ4n) is 3.78. The van der Waals surface area contributed by atoms with E-state index in [0.717, 1.165) is 49.7 Å². The van der Waals surface area contributed by atoms with Crippen molar-refractivity contribution in [1.82, 2.24) is 15.4 Å². The summed E-state index contributed by atoms with van der Waals surface area (Å²) >= 11 is 0. The molecule has 2 aromatic carbocycles. The van der Waals surface area contributed by atoms with Gasteiger partial charge in [-0.15, -0.1) is 0 Å². The van der Waals surface area contributed by atoms with Gasteiger partial charge in [-0.05, 0) is 62.4 Å². The van der Waals surface area contributed by atoms with Gasteiger partial charge in [-0.3, -0.25) is 4.79 Å². The second-order valence-corrected chi connectivity index (χ2v) is 9.97. The topological polar surface area (TPSA) is 104 Å². The molecule has 1 aliphatic carbocycles. The average Bonchev–Trinajstić information content (AvgIpc) is 2.77. The van der Waals surface area contributed by atoms with Crippen LogP contribution in [-0.2, 0) is 16.4 Å². The minimum absolute atomic E-state index is 0.0350. The van der Waals surface area contributed by atoms with E-state index in [1.807, 2.05) is 19.1 Å². The first kappa shape index (κ1) is 23.8. The molecule has 32 heavy (non-hydrogen) atoms. The van der Waals surface area contributed by atoms with Crippen LogP contribution in [0.1, 0.15) is 60.0 Å². The van der Waals surface area contributed by atoms with Gasteiger partial charge in [0.1, 0.15) is 0 Å². The normalized spacial score (nSPS) is 14.5. The number of hydrogen-bond donors (Lipinski definition) is 3. The number of urea groups is 1. The van der Waals surface area contributed by atoms with Gasteiger partial charge < -0.3 is 10.6 Å². The van der Waals surface area contributed by atoms with Crippen molar-refractivity contribution in [3.05, 3.63) is 65.2 Å². The second kappa shape index (κ2) is 11.1. The van der Waals surface area contributed by atoms with Crippen molar-refractivity contribution in [2.45, 2.75) is 62.8 Å².